The average molecular weight is 528 g/mol. The van der Waals surface area contributed by atoms with Gasteiger partial charge in [0, 0.05) is 27.2 Å². The zero-order valence-electron chi connectivity index (χ0n) is 19.0. The summed E-state index contributed by atoms with van der Waals surface area (Å²) >= 11 is 5.16. The number of rotatable bonds is 7. The number of carbonyl (C=O) groups is 1. The Morgan fingerprint density at radius 2 is 2.09 bits per heavy atom. The van der Waals surface area contributed by atoms with E-state index < -0.39 is 6.04 Å². The first kappa shape index (κ1) is 23.4. The maximum Gasteiger partial charge on any atom is 0.255 e. The fourth-order valence-electron chi connectivity index (χ4n) is 3.81. The first-order valence-corrected chi connectivity index (χ1v) is 12.5. The fourth-order valence-corrected chi connectivity index (χ4v) is 4.87. The summed E-state index contributed by atoms with van der Waals surface area (Å²) in [7, 11) is 1.63. The summed E-state index contributed by atoms with van der Waals surface area (Å²) in [5.41, 5.74) is 3.90. The van der Waals surface area contributed by atoms with E-state index in [4.69, 9.17) is 9.84 Å². The van der Waals surface area contributed by atoms with E-state index in [1.54, 1.807) is 23.6 Å². The first-order chi connectivity index (χ1) is 15.9. The highest BCUT2D eigenvalue weighted by Crippen LogP contribution is 2.41. The minimum absolute atomic E-state index is 0.207. The SMILES string of the molecule is CCCSc1nc2n(n1)C(c1cc(Br)ccc1OC)C(C(=O)Nc1cccc(C)c1)=C(C)N2. The summed E-state index contributed by atoms with van der Waals surface area (Å²) < 4.78 is 8.34. The zero-order valence-corrected chi connectivity index (χ0v) is 21.4. The van der Waals surface area contributed by atoms with Gasteiger partial charge in [0.1, 0.15) is 11.8 Å². The summed E-state index contributed by atoms with van der Waals surface area (Å²) in [6, 6.07) is 13.0. The van der Waals surface area contributed by atoms with Gasteiger partial charge >= 0.3 is 0 Å². The molecule has 0 radical (unpaired) electrons. The van der Waals surface area contributed by atoms with Crippen LogP contribution in [0.15, 0.2) is 63.4 Å². The molecule has 2 N–H and O–H groups in total. The van der Waals surface area contributed by atoms with Crippen LogP contribution in [0.4, 0.5) is 11.6 Å². The highest BCUT2D eigenvalue weighted by atomic mass is 79.9. The Hall–Kier alpha value is -2.78. The predicted octanol–water partition coefficient (Wildman–Crippen LogP) is 5.79. The molecule has 0 saturated carbocycles. The number of nitrogens with one attached hydrogen (secondary N) is 2. The summed E-state index contributed by atoms with van der Waals surface area (Å²) in [5.74, 6) is 1.98. The van der Waals surface area contributed by atoms with Crippen molar-refractivity contribution >= 4 is 45.2 Å². The van der Waals surface area contributed by atoms with Crippen LogP contribution in [0.2, 0.25) is 0 Å². The van der Waals surface area contributed by atoms with Gasteiger partial charge in [0.15, 0.2) is 0 Å². The van der Waals surface area contributed by atoms with E-state index in [0.717, 1.165) is 39.2 Å². The average Bonchev–Trinajstić information content (AvgIpc) is 3.18. The molecule has 1 unspecified atom stereocenters. The van der Waals surface area contributed by atoms with Crippen LogP contribution in [-0.4, -0.2) is 33.5 Å². The molecule has 1 aromatic heterocycles. The lowest BCUT2D eigenvalue weighted by Gasteiger charge is -2.29. The number of benzene rings is 2. The lowest BCUT2D eigenvalue weighted by atomic mass is 9.94. The monoisotopic (exact) mass is 527 g/mol. The van der Waals surface area contributed by atoms with Gasteiger partial charge in [-0.3, -0.25) is 4.79 Å². The molecule has 0 bridgehead atoms. The summed E-state index contributed by atoms with van der Waals surface area (Å²) in [5, 5.41) is 11.8. The van der Waals surface area contributed by atoms with Gasteiger partial charge in [0.2, 0.25) is 11.1 Å². The zero-order chi connectivity index (χ0) is 23.5. The van der Waals surface area contributed by atoms with E-state index in [1.807, 2.05) is 56.3 Å². The predicted molar refractivity (Wildman–Crippen MR) is 136 cm³/mol. The molecule has 1 aliphatic rings. The molecule has 2 aromatic carbocycles. The number of nitrogens with zero attached hydrogens (tertiary/aromatic N) is 3. The van der Waals surface area contributed by atoms with Crippen LogP contribution in [0, 0.1) is 6.92 Å². The molecular weight excluding hydrogens is 502 g/mol. The number of hydrogen-bond acceptors (Lipinski definition) is 6. The van der Waals surface area contributed by atoms with Crippen molar-refractivity contribution in [2.24, 2.45) is 0 Å². The minimum atomic E-state index is -0.512. The van der Waals surface area contributed by atoms with Gasteiger partial charge in [-0.2, -0.15) is 4.98 Å². The van der Waals surface area contributed by atoms with E-state index in [9.17, 15) is 4.79 Å². The van der Waals surface area contributed by atoms with Gasteiger partial charge in [-0.1, -0.05) is 46.7 Å². The molecule has 172 valence electrons. The number of ether oxygens (including phenoxy) is 1. The smallest absolute Gasteiger partial charge is 0.255 e. The van der Waals surface area contributed by atoms with Crippen molar-refractivity contribution in [2.45, 2.75) is 38.4 Å². The normalized spacial score (nSPS) is 15.1. The van der Waals surface area contributed by atoms with Crippen LogP contribution in [0.1, 0.15) is 37.4 Å². The number of aromatic nitrogens is 3. The van der Waals surface area contributed by atoms with Crippen molar-refractivity contribution in [1.29, 1.82) is 0 Å². The van der Waals surface area contributed by atoms with Crippen LogP contribution in [0.25, 0.3) is 0 Å². The van der Waals surface area contributed by atoms with Crippen molar-refractivity contribution in [3.05, 3.63) is 69.3 Å². The van der Waals surface area contributed by atoms with Gasteiger partial charge in [-0.05, 0) is 56.2 Å². The van der Waals surface area contributed by atoms with E-state index in [1.165, 1.54) is 0 Å². The second kappa shape index (κ2) is 10.0. The largest absolute Gasteiger partial charge is 0.496 e. The Morgan fingerprint density at radius 3 is 2.82 bits per heavy atom. The first-order valence-electron chi connectivity index (χ1n) is 10.7. The number of carbonyl (C=O) groups excluding carboxylic acids is 1. The molecule has 0 fully saturated rings. The van der Waals surface area contributed by atoms with Crippen LogP contribution in [-0.2, 0) is 4.79 Å². The van der Waals surface area contributed by atoms with E-state index in [2.05, 4.69) is 38.5 Å². The molecular formula is C24H26BrN5O2S. The van der Waals surface area contributed by atoms with E-state index in [0.29, 0.717) is 22.4 Å². The lowest BCUT2D eigenvalue weighted by molar-refractivity contribution is -0.113. The van der Waals surface area contributed by atoms with Crippen LogP contribution < -0.4 is 15.4 Å². The van der Waals surface area contributed by atoms with Gasteiger partial charge in [-0.25, -0.2) is 4.68 Å². The number of allylic oxidation sites excluding steroid dienone is 1. The molecule has 0 aliphatic carbocycles. The third kappa shape index (κ3) is 4.94. The quantitative estimate of drug-likeness (QED) is 0.378. The third-order valence-electron chi connectivity index (χ3n) is 5.28. The number of hydrogen-bond donors (Lipinski definition) is 2. The lowest BCUT2D eigenvalue weighted by Crippen LogP contribution is -2.31. The highest BCUT2D eigenvalue weighted by molar-refractivity contribution is 9.10. The fraction of sp³-hybridized carbons (Fsp3) is 0.292. The Morgan fingerprint density at radius 1 is 1.27 bits per heavy atom. The molecule has 33 heavy (non-hydrogen) atoms. The number of fused-ring (bicyclic) bond motifs is 1. The molecule has 2 heterocycles. The van der Waals surface area contributed by atoms with Crippen molar-refractivity contribution in [1.82, 2.24) is 14.8 Å². The van der Waals surface area contributed by atoms with Crippen LogP contribution in [0.5, 0.6) is 5.75 Å². The van der Waals surface area contributed by atoms with Crippen molar-refractivity contribution in [3.8, 4) is 5.75 Å². The molecule has 1 atom stereocenters. The second-order valence-electron chi connectivity index (χ2n) is 7.79. The summed E-state index contributed by atoms with van der Waals surface area (Å²) in [6.45, 7) is 6.00. The third-order valence-corrected chi connectivity index (χ3v) is 6.81. The maximum atomic E-state index is 13.6. The maximum absolute atomic E-state index is 13.6. The summed E-state index contributed by atoms with van der Waals surface area (Å²) in [6.07, 6.45) is 1.02. The Kier molecular flexibility index (Phi) is 7.09. The van der Waals surface area contributed by atoms with Crippen LogP contribution >= 0.6 is 27.7 Å². The van der Waals surface area contributed by atoms with E-state index >= 15 is 0 Å². The molecule has 9 heteroatoms. The Labute approximate surface area is 206 Å². The summed E-state index contributed by atoms with van der Waals surface area (Å²) in [4.78, 5) is 18.3. The van der Waals surface area contributed by atoms with E-state index in [-0.39, 0.29) is 5.91 Å². The van der Waals surface area contributed by atoms with Gasteiger partial charge < -0.3 is 15.4 Å². The molecule has 0 saturated heterocycles. The van der Waals surface area contributed by atoms with Gasteiger partial charge in [0.25, 0.3) is 5.91 Å². The number of thioether (sulfide) groups is 1. The minimum Gasteiger partial charge on any atom is -0.496 e. The number of methoxy groups -OCH3 is 1. The van der Waals surface area contributed by atoms with Crippen molar-refractivity contribution in [2.75, 3.05) is 23.5 Å². The van der Waals surface area contributed by atoms with Gasteiger partial charge in [0.05, 0.1) is 12.7 Å². The van der Waals surface area contributed by atoms with Gasteiger partial charge in [-0.15, -0.1) is 5.10 Å². The number of amides is 1. The number of halogens is 1. The molecule has 4 rings (SSSR count). The molecule has 1 aliphatic heterocycles. The number of aryl methyl sites for hydroxylation is 1. The van der Waals surface area contributed by atoms with Crippen molar-refractivity contribution < 1.29 is 9.53 Å². The highest BCUT2D eigenvalue weighted by Gasteiger charge is 2.36. The topological polar surface area (TPSA) is 81.1 Å². The standard InChI is InChI=1S/C24H26BrN5O2S/c1-5-11-33-24-28-23-26-15(3)20(22(31)27-17-8-6-7-14(2)12-17)21(30(23)29-24)18-13-16(25)9-10-19(18)32-4/h6-10,12-13,21H,5,11H2,1-4H3,(H,27,31)(H,26,28,29). The molecule has 7 nitrogen and oxygen atoms in total. The molecule has 0 spiro atoms. The Bertz CT molecular complexity index is 1220. The van der Waals surface area contributed by atoms with Crippen LogP contribution in [0.3, 0.4) is 0 Å². The Balaban J connectivity index is 1.82. The number of anilines is 2. The molecule has 3 aromatic rings. The van der Waals surface area contributed by atoms with Crippen molar-refractivity contribution in [3.63, 3.8) is 0 Å². The second-order valence-corrected chi connectivity index (χ2v) is 9.76. The molecule has 1 amide bonds.